The fraction of sp³-hybridized carbons (Fsp3) is 0.818. The SMILES string of the molecule is CNC(C(=O)O)C(=O)N(C)CC1CCN(C)C1. The summed E-state index contributed by atoms with van der Waals surface area (Å²) in [7, 11) is 5.19. The Morgan fingerprint density at radius 3 is 2.65 bits per heavy atom. The number of nitrogens with one attached hydrogen (secondary N) is 1. The quantitative estimate of drug-likeness (QED) is 0.610. The lowest BCUT2D eigenvalue weighted by molar-refractivity contribution is -0.147. The van der Waals surface area contributed by atoms with Gasteiger partial charge in [0.1, 0.15) is 0 Å². The predicted octanol–water partition coefficient (Wildman–Crippen LogP) is -0.931. The molecule has 1 heterocycles. The summed E-state index contributed by atoms with van der Waals surface area (Å²) in [5.74, 6) is -1.07. The Kier molecular flexibility index (Phi) is 4.89. The first kappa shape index (κ1) is 13.9. The first-order valence-electron chi connectivity index (χ1n) is 5.79. The van der Waals surface area contributed by atoms with Crippen LogP contribution in [0.4, 0.5) is 0 Å². The molecule has 2 unspecified atom stereocenters. The van der Waals surface area contributed by atoms with Crippen molar-refractivity contribution in [3.05, 3.63) is 0 Å². The van der Waals surface area contributed by atoms with Gasteiger partial charge in [-0.3, -0.25) is 10.1 Å². The number of rotatable bonds is 5. The van der Waals surface area contributed by atoms with Gasteiger partial charge in [0.2, 0.25) is 0 Å². The maximum Gasteiger partial charge on any atom is 0.330 e. The van der Waals surface area contributed by atoms with Crippen molar-refractivity contribution >= 4 is 11.9 Å². The van der Waals surface area contributed by atoms with Gasteiger partial charge >= 0.3 is 5.97 Å². The van der Waals surface area contributed by atoms with Crippen LogP contribution in [-0.4, -0.2) is 73.6 Å². The van der Waals surface area contributed by atoms with Crippen molar-refractivity contribution in [3.8, 4) is 0 Å². The Morgan fingerprint density at radius 1 is 1.59 bits per heavy atom. The molecule has 2 N–H and O–H groups in total. The number of likely N-dealkylation sites (N-methyl/N-ethyl adjacent to an activating group) is 2. The van der Waals surface area contributed by atoms with E-state index in [1.807, 2.05) is 0 Å². The molecule has 98 valence electrons. The molecule has 2 atom stereocenters. The lowest BCUT2D eigenvalue weighted by atomic mass is 10.1. The van der Waals surface area contributed by atoms with Gasteiger partial charge in [-0.25, -0.2) is 4.79 Å². The molecule has 1 aliphatic heterocycles. The molecular formula is C11H21N3O3. The Bertz CT molecular complexity index is 296. The van der Waals surface area contributed by atoms with Crippen LogP contribution in [0.5, 0.6) is 0 Å². The van der Waals surface area contributed by atoms with Crippen LogP contribution in [0.1, 0.15) is 6.42 Å². The van der Waals surface area contributed by atoms with Gasteiger partial charge in [-0.15, -0.1) is 0 Å². The van der Waals surface area contributed by atoms with Crippen LogP contribution in [0, 0.1) is 5.92 Å². The Hall–Kier alpha value is -1.14. The lowest BCUT2D eigenvalue weighted by Crippen LogP contribution is -2.49. The topological polar surface area (TPSA) is 72.9 Å². The molecule has 0 aromatic carbocycles. The summed E-state index contributed by atoms with van der Waals surface area (Å²) >= 11 is 0. The highest BCUT2D eigenvalue weighted by molar-refractivity contribution is 6.01. The molecular weight excluding hydrogens is 222 g/mol. The van der Waals surface area contributed by atoms with Crippen molar-refractivity contribution in [2.45, 2.75) is 12.5 Å². The molecule has 0 aliphatic carbocycles. The molecule has 17 heavy (non-hydrogen) atoms. The molecule has 6 nitrogen and oxygen atoms in total. The Morgan fingerprint density at radius 2 is 2.24 bits per heavy atom. The van der Waals surface area contributed by atoms with Crippen molar-refractivity contribution < 1.29 is 14.7 Å². The number of hydrogen-bond donors (Lipinski definition) is 2. The minimum absolute atomic E-state index is 0.380. The third kappa shape index (κ3) is 3.67. The average molecular weight is 243 g/mol. The predicted molar refractivity (Wildman–Crippen MR) is 63.7 cm³/mol. The van der Waals surface area contributed by atoms with Gasteiger partial charge in [0.05, 0.1) is 0 Å². The molecule has 0 spiro atoms. The van der Waals surface area contributed by atoms with Crippen LogP contribution < -0.4 is 5.32 Å². The molecule has 1 amide bonds. The molecule has 1 saturated heterocycles. The van der Waals surface area contributed by atoms with Crippen LogP contribution in [0.25, 0.3) is 0 Å². The first-order valence-corrected chi connectivity index (χ1v) is 5.79. The fourth-order valence-corrected chi connectivity index (χ4v) is 2.23. The van der Waals surface area contributed by atoms with Gasteiger partial charge in [0.25, 0.3) is 5.91 Å². The monoisotopic (exact) mass is 243 g/mol. The van der Waals surface area contributed by atoms with E-state index in [2.05, 4.69) is 17.3 Å². The minimum atomic E-state index is -1.14. The number of carboxylic acids is 1. The van der Waals surface area contributed by atoms with Crippen LogP contribution in [0.2, 0.25) is 0 Å². The normalized spacial score (nSPS) is 22.4. The standard InChI is InChI=1S/C11H21N3O3/c1-12-9(11(16)17)10(15)14(3)7-8-4-5-13(2)6-8/h8-9,12H,4-7H2,1-3H3,(H,16,17). The third-order valence-corrected chi connectivity index (χ3v) is 3.18. The van der Waals surface area contributed by atoms with Gasteiger partial charge in [0.15, 0.2) is 6.04 Å². The van der Waals surface area contributed by atoms with E-state index in [0.29, 0.717) is 12.5 Å². The minimum Gasteiger partial charge on any atom is -0.480 e. The molecule has 0 aromatic rings. The van der Waals surface area contributed by atoms with Gasteiger partial charge in [0, 0.05) is 20.1 Å². The zero-order valence-electron chi connectivity index (χ0n) is 10.6. The van der Waals surface area contributed by atoms with Crippen LogP contribution in [-0.2, 0) is 9.59 Å². The van der Waals surface area contributed by atoms with Gasteiger partial charge in [-0.1, -0.05) is 0 Å². The van der Waals surface area contributed by atoms with Crippen molar-refractivity contribution in [1.29, 1.82) is 0 Å². The summed E-state index contributed by atoms with van der Waals surface area (Å²) in [5.41, 5.74) is 0. The smallest absolute Gasteiger partial charge is 0.330 e. The summed E-state index contributed by atoms with van der Waals surface area (Å²) < 4.78 is 0. The van der Waals surface area contributed by atoms with E-state index in [9.17, 15) is 9.59 Å². The molecule has 0 radical (unpaired) electrons. The second-order valence-electron chi connectivity index (χ2n) is 4.70. The maximum absolute atomic E-state index is 11.9. The third-order valence-electron chi connectivity index (χ3n) is 3.18. The number of carbonyl (C=O) groups is 2. The van der Waals surface area contributed by atoms with Crippen molar-refractivity contribution in [1.82, 2.24) is 15.1 Å². The van der Waals surface area contributed by atoms with E-state index in [4.69, 9.17) is 5.11 Å². The number of amides is 1. The maximum atomic E-state index is 11.9. The van der Waals surface area contributed by atoms with Gasteiger partial charge in [-0.2, -0.15) is 0 Å². The second kappa shape index (κ2) is 5.97. The van der Waals surface area contributed by atoms with Crippen LogP contribution >= 0.6 is 0 Å². The number of carbonyl (C=O) groups excluding carboxylic acids is 1. The largest absolute Gasteiger partial charge is 0.480 e. The highest BCUT2D eigenvalue weighted by Gasteiger charge is 2.29. The number of carboxylic acid groups (broad SMARTS) is 1. The summed E-state index contributed by atoms with van der Waals surface area (Å²) in [4.78, 5) is 26.4. The van der Waals surface area contributed by atoms with Crippen molar-refractivity contribution in [2.24, 2.45) is 5.92 Å². The van der Waals surface area contributed by atoms with E-state index >= 15 is 0 Å². The van der Waals surface area contributed by atoms with Crippen LogP contribution in [0.15, 0.2) is 0 Å². The Balaban J connectivity index is 2.48. The summed E-state index contributed by atoms with van der Waals surface area (Å²) in [6.07, 6.45) is 1.06. The summed E-state index contributed by atoms with van der Waals surface area (Å²) in [6.45, 7) is 2.63. The van der Waals surface area contributed by atoms with E-state index < -0.39 is 12.0 Å². The van der Waals surface area contributed by atoms with Gasteiger partial charge < -0.3 is 14.9 Å². The number of hydrogen-bond acceptors (Lipinski definition) is 4. The van der Waals surface area contributed by atoms with E-state index in [0.717, 1.165) is 19.5 Å². The summed E-state index contributed by atoms with van der Waals surface area (Å²) in [5, 5.41) is 11.4. The molecule has 0 bridgehead atoms. The molecule has 6 heteroatoms. The summed E-state index contributed by atoms with van der Waals surface area (Å²) in [6, 6.07) is -1.14. The highest BCUT2D eigenvalue weighted by Crippen LogP contribution is 2.15. The molecule has 1 aliphatic rings. The van der Waals surface area contributed by atoms with E-state index in [-0.39, 0.29) is 5.91 Å². The van der Waals surface area contributed by atoms with Crippen molar-refractivity contribution in [3.63, 3.8) is 0 Å². The molecule has 0 aromatic heterocycles. The zero-order valence-corrected chi connectivity index (χ0v) is 10.6. The fourth-order valence-electron chi connectivity index (χ4n) is 2.23. The second-order valence-corrected chi connectivity index (χ2v) is 4.70. The molecule has 1 rings (SSSR count). The molecule has 0 saturated carbocycles. The zero-order chi connectivity index (χ0) is 13.0. The number of likely N-dealkylation sites (tertiary alicyclic amines) is 1. The van der Waals surface area contributed by atoms with Crippen LogP contribution in [0.3, 0.4) is 0 Å². The van der Waals surface area contributed by atoms with Gasteiger partial charge in [-0.05, 0) is 33.0 Å². The number of nitrogens with zero attached hydrogens (tertiary/aromatic N) is 2. The lowest BCUT2D eigenvalue weighted by Gasteiger charge is -2.24. The molecule has 1 fully saturated rings. The first-order chi connectivity index (χ1) is 7.95. The number of aliphatic carboxylic acids is 1. The average Bonchev–Trinajstić information content (AvgIpc) is 2.64. The Labute approximate surface area is 102 Å². The van der Waals surface area contributed by atoms with E-state index in [1.165, 1.54) is 11.9 Å². The van der Waals surface area contributed by atoms with E-state index in [1.54, 1.807) is 7.05 Å². The van der Waals surface area contributed by atoms with Crippen molar-refractivity contribution in [2.75, 3.05) is 40.8 Å². The highest BCUT2D eigenvalue weighted by atomic mass is 16.4.